The van der Waals surface area contributed by atoms with E-state index in [1.807, 2.05) is 4.90 Å². The Balaban J connectivity index is 1.79. The van der Waals surface area contributed by atoms with Gasteiger partial charge >= 0.3 is 6.03 Å². The number of hydrogen-bond donors (Lipinski definition) is 1. The molecule has 5 nitrogen and oxygen atoms in total. The fourth-order valence-electron chi connectivity index (χ4n) is 3.64. The van der Waals surface area contributed by atoms with Crippen molar-refractivity contribution in [3.05, 3.63) is 0 Å². The first-order valence-corrected chi connectivity index (χ1v) is 9.07. The van der Waals surface area contributed by atoms with E-state index in [0.29, 0.717) is 12.0 Å². The molecule has 0 aromatic carbocycles. The molecule has 2 aliphatic heterocycles. The molecule has 0 saturated carbocycles. The van der Waals surface area contributed by atoms with Crippen LogP contribution in [-0.2, 0) is 4.74 Å². The van der Waals surface area contributed by atoms with Crippen molar-refractivity contribution in [2.45, 2.75) is 58.6 Å². The summed E-state index contributed by atoms with van der Waals surface area (Å²) in [6.45, 7) is 12.2. The van der Waals surface area contributed by atoms with Crippen LogP contribution in [0, 0.1) is 5.92 Å². The van der Waals surface area contributed by atoms with E-state index in [1.54, 1.807) is 0 Å². The van der Waals surface area contributed by atoms with Crippen LogP contribution < -0.4 is 5.32 Å². The zero-order valence-corrected chi connectivity index (χ0v) is 14.5. The Morgan fingerprint density at radius 3 is 2.45 bits per heavy atom. The normalized spacial score (nSPS) is 27.2. The summed E-state index contributed by atoms with van der Waals surface area (Å²) in [5, 5.41) is 3.24. The highest BCUT2D eigenvalue weighted by atomic mass is 16.5. The summed E-state index contributed by atoms with van der Waals surface area (Å²) in [5.74, 6) is 0.618. The summed E-state index contributed by atoms with van der Waals surface area (Å²) in [6.07, 6.45) is 4.53. The minimum Gasteiger partial charge on any atom is -0.378 e. The van der Waals surface area contributed by atoms with Gasteiger partial charge in [0.15, 0.2) is 0 Å². The van der Waals surface area contributed by atoms with Gasteiger partial charge in [0, 0.05) is 38.8 Å². The minimum atomic E-state index is 0.117. The van der Waals surface area contributed by atoms with Gasteiger partial charge in [-0.05, 0) is 25.3 Å². The largest absolute Gasteiger partial charge is 0.378 e. The second kappa shape index (κ2) is 8.73. The van der Waals surface area contributed by atoms with Gasteiger partial charge in [0.1, 0.15) is 0 Å². The Labute approximate surface area is 135 Å². The van der Waals surface area contributed by atoms with Crippen LogP contribution in [0.15, 0.2) is 0 Å². The van der Waals surface area contributed by atoms with Crippen molar-refractivity contribution < 1.29 is 9.53 Å². The van der Waals surface area contributed by atoms with Crippen LogP contribution in [0.5, 0.6) is 0 Å². The average molecular weight is 311 g/mol. The molecule has 0 aromatic rings. The molecule has 0 unspecified atom stereocenters. The molecule has 2 fully saturated rings. The molecule has 0 radical (unpaired) electrons. The molecule has 2 rings (SSSR count). The van der Waals surface area contributed by atoms with Gasteiger partial charge in [0.25, 0.3) is 0 Å². The number of rotatable bonds is 5. The van der Waals surface area contributed by atoms with Crippen molar-refractivity contribution in [1.82, 2.24) is 15.1 Å². The van der Waals surface area contributed by atoms with Gasteiger partial charge in [-0.2, -0.15) is 0 Å². The monoisotopic (exact) mass is 311 g/mol. The Morgan fingerprint density at radius 1 is 1.18 bits per heavy atom. The number of piperazine rings is 1. The van der Waals surface area contributed by atoms with Crippen molar-refractivity contribution in [3.63, 3.8) is 0 Å². The molecular weight excluding hydrogens is 278 g/mol. The summed E-state index contributed by atoms with van der Waals surface area (Å²) < 4.78 is 5.94. The Morgan fingerprint density at radius 2 is 1.86 bits per heavy atom. The molecule has 0 aromatic heterocycles. The highest BCUT2D eigenvalue weighted by Gasteiger charge is 2.30. The maximum Gasteiger partial charge on any atom is 0.317 e. The lowest BCUT2D eigenvalue weighted by molar-refractivity contribution is -0.0337. The van der Waals surface area contributed by atoms with Crippen molar-refractivity contribution >= 4 is 6.03 Å². The van der Waals surface area contributed by atoms with Crippen LogP contribution >= 0.6 is 0 Å². The molecule has 0 aliphatic carbocycles. The lowest BCUT2D eigenvalue weighted by Gasteiger charge is -2.37. The second-order valence-corrected chi connectivity index (χ2v) is 6.58. The van der Waals surface area contributed by atoms with Gasteiger partial charge in [0.2, 0.25) is 0 Å². The second-order valence-electron chi connectivity index (χ2n) is 6.58. The number of ether oxygens (including phenoxy) is 1. The molecule has 0 bridgehead atoms. The molecule has 5 heteroatoms. The Bertz CT molecular complexity index is 339. The molecule has 2 heterocycles. The average Bonchev–Trinajstić information content (AvgIpc) is 2.56. The first-order chi connectivity index (χ1) is 10.7. The van der Waals surface area contributed by atoms with E-state index in [1.165, 1.54) is 0 Å². The molecule has 2 amide bonds. The van der Waals surface area contributed by atoms with Crippen molar-refractivity contribution in [2.24, 2.45) is 5.92 Å². The highest BCUT2D eigenvalue weighted by molar-refractivity contribution is 5.74. The first kappa shape index (κ1) is 17.5. The van der Waals surface area contributed by atoms with Gasteiger partial charge in [-0.1, -0.05) is 33.6 Å². The smallest absolute Gasteiger partial charge is 0.317 e. The topological polar surface area (TPSA) is 44.8 Å². The molecule has 128 valence electrons. The number of carbonyl (C=O) groups is 1. The van der Waals surface area contributed by atoms with E-state index in [2.05, 4.69) is 31.0 Å². The molecule has 2 aliphatic rings. The maximum absolute atomic E-state index is 12.4. The van der Waals surface area contributed by atoms with Crippen molar-refractivity contribution in [2.75, 3.05) is 39.3 Å². The summed E-state index contributed by atoms with van der Waals surface area (Å²) in [5.41, 5.74) is 0. The molecule has 2 atom stereocenters. The van der Waals surface area contributed by atoms with Gasteiger partial charge in [-0.25, -0.2) is 4.79 Å². The zero-order chi connectivity index (χ0) is 15.9. The van der Waals surface area contributed by atoms with Gasteiger partial charge in [-0.15, -0.1) is 0 Å². The van der Waals surface area contributed by atoms with Crippen LogP contribution in [0.2, 0.25) is 0 Å². The number of carbonyl (C=O) groups excluding carboxylic acids is 1. The third kappa shape index (κ3) is 4.59. The van der Waals surface area contributed by atoms with E-state index in [4.69, 9.17) is 4.74 Å². The van der Waals surface area contributed by atoms with E-state index in [-0.39, 0.29) is 12.1 Å². The van der Waals surface area contributed by atoms with E-state index < -0.39 is 0 Å². The highest BCUT2D eigenvalue weighted by Crippen LogP contribution is 2.25. The number of likely N-dealkylation sites (N-methyl/N-ethyl adjacent to an activating group) is 1. The van der Waals surface area contributed by atoms with E-state index >= 15 is 0 Å². The van der Waals surface area contributed by atoms with Gasteiger partial charge < -0.3 is 19.9 Å². The fraction of sp³-hybridized carbons (Fsp3) is 0.941. The SMILES string of the molecule is CCC(CC)[C@H]1C[C@@H](NC(=O)N2CCN(CC)CC2)CCO1. The predicted molar refractivity (Wildman–Crippen MR) is 89.1 cm³/mol. The van der Waals surface area contributed by atoms with E-state index in [9.17, 15) is 4.79 Å². The zero-order valence-electron chi connectivity index (χ0n) is 14.5. The number of urea groups is 1. The van der Waals surface area contributed by atoms with Crippen LogP contribution in [0.1, 0.15) is 46.5 Å². The van der Waals surface area contributed by atoms with E-state index in [0.717, 1.165) is 65.0 Å². The predicted octanol–water partition coefficient (Wildman–Crippen LogP) is 2.32. The molecule has 0 spiro atoms. The lowest BCUT2D eigenvalue weighted by atomic mass is 9.89. The van der Waals surface area contributed by atoms with Crippen LogP contribution in [0.4, 0.5) is 4.79 Å². The third-order valence-corrected chi connectivity index (χ3v) is 5.32. The van der Waals surface area contributed by atoms with Gasteiger partial charge in [-0.3, -0.25) is 0 Å². The number of hydrogen-bond acceptors (Lipinski definition) is 3. The number of amides is 2. The maximum atomic E-state index is 12.4. The Kier molecular flexibility index (Phi) is 6.96. The summed E-state index contributed by atoms with van der Waals surface area (Å²) >= 11 is 0. The molecule has 22 heavy (non-hydrogen) atoms. The quantitative estimate of drug-likeness (QED) is 0.847. The number of nitrogens with zero attached hydrogens (tertiary/aromatic N) is 2. The van der Waals surface area contributed by atoms with Crippen molar-refractivity contribution in [3.8, 4) is 0 Å². The molecule has 1 N–H and O–H groups in total. The van der Waals surface area contributed by atoms with Gasteiger partial charge in [0.05, 0.1) is 6.10 Å². The number of nitrogens with one attached hydrogen (secondary N) is 1. The molecular formula is C17H33N3O2. The summed E-state index contributed by atoms with van der Waals surface area (Å²) in [6, 6.07) is 0.391. The van der Waals surface area contributed by atoms with Crippen LogP contribution in [0.3, 0.4) is 0 Å². The van der Waals surface area contributed by atoms with Crippen LogP contribution in [-0.4, -0.2) is 67.3 Å². The van der Waals surface area contributed by atoms with Crippen LogP contribution in [0.25, 0.3) is 0 Å². The fourth-order valence-corrected chi connectivity index (χ4v) is 3.64. The lowest BCUT2D eigenvalue weighted by Crippen LogP contribution is -2.54. The summed E-state index contributed by atoms with van der Waals surface area (Å²) in [7, 11) is 0. The Hall–Kier alpha value is -0.810. The third-order valence-electron chi connectivity index (χ3n) is 5.32. The first-order valence-electron chi connectivity index (χ1n) is 9.07. The minimum absolute atomic E-state index is 0.117. The standard InChI is InChI=1S/C17H33N3O2/c1-4-14(5-2)16-13-15(7-12-22-16)18-17(21)20-10-8-19(6-3)9-11-20/h14-16H,4-13H2,1-3H3,(H,18,21)/t15-,16+/m0/s1. The summed E-state index contributed by atoms with van der Waals surface area (Å²) in [4.78, 5) is 16.8. The molecule has 2 saturated heterocycles. The van der Waals surface area contributed by atoms with Crippen molar-refractivity contribution in [1.29, 1.82) is 0 Å².